The Morgan fingerprint density at radius 1 is 1.41 bits per heavy atom. The maximum atomic E-state index is 11.3. The SMILES string of the molecule is COC(=O)c1nc2ncc(C(C)=O)c(C)n2n1. The highest BCUT2D eigenvalue weighted by molar-refractivity contribution is 5.95. The first-order chi connectivity index (χ1) is 8.04. The third-order valence-corrected chi connectivity index (χ3v) is 2.35. The van der Waals surface area contributed by atoms with Gasteiger partial charge in [0.25, 0.3) is 11.6 Å². The summed E-state index contributed by atoms with van der Waals surface area (Å²) in [5.74, 6) is -0.581. The van der Waals surface area contributed by atoms with Gasteiger partial charge in [0.1, 0.15) is 0 Å². The summed E-state index contributed by atoms with van der Waals surface area (Å²) in [6.07, 6.45) is 1.42. The van der Waals surface area contributed by atoms with Crippen LogP contribution in [0.25, 0.3) is 5.78 Å². The van der Waals surface area contributed by atoms with Gasteiger partial charge >= 0.3 is 5.97 Å². The summed E-state index contributed by atoms with van der Waals surface area (Å²) in [7, 11) is 1.25. The smallest absolute Gasteiger partial charge is 0.378 e. The van der Waals surface area contributed by atoms with Crippen LogP contribution in [0.1, 0.15) is 33.6 Å². The average molecular weight is 234 g/mol. The molecule has 0 aliphatic rings. The van der Waals surface area contributed by atoms with Gasteiger partial charge in [0, 0.05) is 6.20 Å². The number of carbonyl (C=O) groups excluding carboxylic acids is 2. The van der Waals surface area contributed by atoms with Crippen molar-refractivity contribution in [1.82, 2.24) is 19.6 Å². The topological polar surface area (TPSA) is 86.5 Å². The molecular weight excluding hydrogens is 224 g/mol. The van der Waals surface area contributed by atoms with E-state index in [2.05, 4.69) is 19.8 Å². The fourth-order valence-corrected chi connectivity index (χ4v) is 1.47. The Morgan fingerprint density at radius 3 is 2.71 bits per heavy atom. The first kappa shape index (κ1) is 11.2. The van der Waals surface area contributed by atoms with Crippen LogP contribution in [-0.2, 0) is 4.74 Å². The van der Waals surface area contributed by atoms with E-state index >= 15 is 0 Å². The molecule has 0 bridgehead atoms. The Bertz CT molecular complexity index is 617. The Hall–Kier alpha value is -2.31. The first-order valence-electron chi connectivity index (χ1n) is 4.86. The Kier molecular flexibility index (Phi) is 2.58. The lowest BCUT2D eigenvalue weighted by Gasteiger charge is -2.01. The number of rotatable bonds is 2. The molecule has 0 aromatic carbocycles. The number of carbonyl (C=O) groups is 2. The standard InChI is InChI=1S/C10H10N4O3/c1-5-7(6(2)15)4-11-10-12-8(9(16)17-3)13-14(5)10/h4H,1-3H3. The van der Waals surface area contributed by atoms with E-state index in [0.29, 0.717) is 11.3 Å². The number of hydrogen-bond acceptors (Lipinski definition) is 6. The lowest BCUT2D eigenvalue weighted by atomic mass is 10.2. The third-order valence-electron chi connectivity index (χ3n) is 2.35. The van der Waals surface area contributed by atoms with Crippen LogP contribution in [0.3, 0.4) is 0 Å². The van der Waals surface area contributed by atoms with Crippen molar-refractivity contribution < 1.29 is 14.3 Å². The molecule has 0 aliphatic carbocycles. The number of aromatic nitrogens is 4. The van der Waals surface area contributed by atoms with Crippen LogP contribution in [0.15, 0.2) is 6.20 Å². The quantitative estimate of drug-likeness (QED) is 0.553. The van der Waals surface area contributed by atoms with Crippen molar-refractivity contribution >= 4 is 17.5 Å². The summed E-state index contributed by atoms with van der Waals surface area (Å²) >= 11 is 0. The lowest BCUT2D eigenvalue weighted by Crippen LogP contribution is -2.06. The fourth-order valence-electron chi connectivity index (χ4n) is 1.47. The lowest BCUT2D eigenvalue weighted by molar-refractivity contribution is 0.0587. The van der Waals surface area contributed by atoms with Gasteiger partial charge in [-0.15, -0.1) is 5.10 Å². The Labute approximate surface area is 96.4 Å². The van der Waals surface area contributed by atoms with Crippen LogP contribution in [0, 0.1) is 6.92 Å². The van der Waals surface area contributed by atoms with Crippen LogP contribution in [0.5, 0.6) is 0 Å². The molecule has 0 N–H and O–H groups in total. The van der Waals surface area contributed by atoms with Crippen molar-refractivity contribution in [2.75, 3.05) is 7.11 Å². The largest absolute Gasteiger partial charge is 0.463 e. The molecular formula is C10H10N4O3. The highest BCUT2D eigenvalue weighted by Gasteiger charge is 2.16. The summed E-state index contributed by atoms with van der Waals surface area (Å²) in [5.41, 5.74) is 1.03. The maximum Gasteiger partial charge on any atom is 0.378 e. The molecule has 7 heteroatoms. The Balaban J connectivity index is 2.66. The number of nitrogens with zero attached hydrogens (tertiary/aromatic N) is 4. The van der Waals surface area contributed by atoms with Crippen molar-refractivity contribution in [3.63, 3.8) is 0 Å². The van der Waals surface area contributed by atoms with Gasteiger partial charge in [-0.3, -0.25) is 4.79 Å². The van der Waals surface area contributed by atoms with E-state index in [1.807, 2.05) is 0 Å². The predicted octanol–water partition coefficient (Wildman–Crippen LogP) is 0.422. The van der Waals surface area contributed by atoms with E-state index in [0.717, 1.165) is 0 Å². The van der Waals surface area contributed by atoms with Gasteiger partial charge in [-0.25, -0.2) is 14.3 Å². The number of Topliss-reactive ketones (excluding diaryl/α,β-unsaturated/α-hetero) is 1. The Morgan fingerprint density at radius 2 is 2.12 bits per heavy atom. The zero-order valence-corrected chi connectivity index (χ0v) is 9.59. The van der Waals surface area contributed by atoms with Crippen molar-refractivity contribution in [3.8, 4) is 0 Å². The fraction of sp³-hybridized carbons (Fsp3) is 0.300. The molecule has 0 saturated heterocycles. The minimum atomic E-state index is -0.640. The van der Waals surface area contributed by atoms with Crippen LogP contribution >= 0.6 is 0 Å². The molecule has 2 aromatic heterocycles. The second kappa shape index (κ2) is 3.93. The number of hydrogen-bond donors (Lipinski definition) is 0. The van der Waals surface area contributed by atoms with Gasteiger partial charge in [0.15, 0.2) is 5.78 Å². The molecule has 0 radical (unpaired) electrons. The van der Waals surface area contributed by atoms with Gasteiger partial charge in [0.2, 0.25) is 0 Å². The molecule has 0 atom stereocenters. The van der Waals surface area contributed by atoms with Crippen molar-refractivity contribution in [2.24, 2.45) is 0 Å². The number of esters is 1. The van der Waals surface area contributed by atoms with Gasteiger partial charge in [-0.05, 0) is 13.8 Å². The monoisotopic (exact) mass is 234 g/mol. The number of methoxy groups -OCH3 is 1. The van der Waals surface area contributed by atoms with Gasteiger partial charge < -0.3 is 4.74 Å². The molecule has 17 heavy (non-hydrogen) atoms. The van der Waals surface area contributed by atoms with E-state index in [1.165, 1.54) is 24.7 Å². The normalized spacial score (nSPS) is 10.5. The summed E-state index contributed by atoms with van der Waals surface area (Å²) in [4.78, 5) is 30.4. The summed E-state index contributed by atoms with van der Waals surface area (Å²) in [6, 6.07) is 0. The summed E-state index contributed by atoms with van der Waals surface area (Å²) in [6.45, 7) is 3.15. The molecule has 0 spiro atoms. The van der Waals surface area contributed by atoms with E-state index in [-0.39, 0.29) is 17.4 Å². The second-order valence-electron chi connectivity index (χ2n) is 3.45. The molecule has 0 saturated carbocycles. The summed E-state index contributed by atoms with van der Waals surface area (Å²) < 4.78 is 5.86. The molecule has 2 rings (SSSR count). The summed E-state index contributed by atoms with van der Waals surface area (Å²) in [5, 5.41) is 3.94. The molecule has 7 nitrogen and oxygen atoms in total. The number of fused-ring (bicyclic) bond motifs is 1. The van der Waals surface area contributed by atoms with Crippen molar-refractivity contribution in [1.29, 1.82) is 0 Å². The maximum absolute atomic E-state index is 11.3. The zero-order valence-electron chi connectivity index (χ0n) is 9.59. The molecule has 0 aliphatic heterocycles. The minimum Gasteiger partial charge on any atom is -0.463 e. The van der Waals surface area contributed by atoms with Crippen LogP contribution in [-0.4, -0.2) is 38.4 Å². The van der Waals surface area contributed by atoms with Gasteiger partial charge in [-0.1, -0.05) is 0 Å². The van der Waals surface area contributed by atoms with Crippen LogP contribution in [0.4, 0.5) is 0 Å². The number of ketones is 1. The first-order valence-corrected chi connectivity index (χ1v) is 4.86. The number of aryl methyl sites for hydroxylation is 1. The zero-order chi connectivity index (χ0) is 12.6. The van der Waals surface area contributed by atoms with E-state index < -0.39 is 5.97 Å². The van der Waals surface area contributed by atoms with Crippen LogP contribution in [0.2, 0.25) is 0 Å². The molecule has 88 valence electrons. The predicted molar refractivity (Wildman–Crippen MR) is 56.9 cm³/mol. The third kappa shape index (κ3) is 1.75. The van der Waals surface area contributed by atoms with E-state index in [4.69, 9.17) is 0 Å². The highest BCUT2D eigenvalue weighted by Crippen LogP contribution is 2.09. The second-order valence-corrected chi connectivity index (χ2v) is 3.45. The molecule has 2 aromatic rings. The molecule has 0 unspecified atom stereocenters. The van der Waals surface area contributed by atoms with Gasteiger partial charge in [0.05, 0.1) is 18.4 Å². The van der Waals surface area contributed by atoms with E-state index in [9.17, 15) is 9.59 Å². The van der Waals surface area contributed by atoms with Crippen LogP contribution < -0.4 is 0 Å². The average Bonchev–Trinajstić information content (AvgIpc) is 2.72. The van der Waals surface area contributed by atoms with E-state index in [1.54, 1.807) is 6.92 Å². The van der Waals surface area contributed by atoms with Crippen molar-refractivity contribution in [2.45, 2.75) is 13.8 Å². The molecule has 2 heterocycles. The molecule has 0 amide bonds. The van der Waals surface area contributed by atoms with Gasteiger partial charge in [-0.2, -0.15) is 4.98 Å². The minimum absolute atomic E-state index is 0.0798. The van der Waals surface area contributed by atoms with Crippen molar-refractivity contribution in [3.05, 3.63) is 23.3 Å². The molecule has 0 fully saturated rings. The highest BCUT2D eigenvalue weighted by atomic mass is 16.5. The number of ether oxygens (including phenoxy) is 1.